The lowest BCUT2D eigenvalue weighted by Gasteiger charge is -2.14. The highest BCUT2D eigenvalue weighted by molar-refractivity contribution is 7.15. The van der Waals surface area contributed by atoms with Crippen molar-refractivity contribution in [1.29, 1.82) is 0 Å². The van der Waals surface area contributed by atoms with Crippen molar-refractivity contribution in [3.8, 4) is 10.8 Å². The van der Waals surface area contributed by atoms with E-state index >= 15 is 0 Å². The third kappa shape index (κ3) is 4.02. The molecule has 5 rings (SSSR count). The molecule has 1 atom stereocenters. The van der Waals surface area contributed by atoms with E-state index in [1.807, 2.05) is 37.4 Å². The number of carbonyl (C=O) groups is 1. The second-order valence-corrected chi connectivity index (χ2v) is 9.97. The molecule has 0 radical (unpaired) electrons. The lowest BCUT2D eigenvalue weighted by molar-refractivity contribution is -0.116. The maximum Gasteiger partial charge on any atom is 0.226 e. The van der Waals surface area contributed by atoms with Gasteiger partial charge >= 0.3 is 0 Å². The Morgan fingerprint density at radius 1 is 1.12 bits per heavy atom. The molecule has 0 aliphatic carbocycles. The quantitative estimate of drug-likeness (QED) is 0.337. The molecule has 34 heavy (non-hydrogen) atoms. The Balaban J connectivity index is 1.61. The molecule has 0 saturated carbocycles. The number of aryl methyl sites for hydroxylation is 2. The van der Waals surface area contributed by atoms with Gasteiger partial charge in [-0.1, -0.05) is 23.7 Å². The lowest BCUT2D eigenvalue weighted by Crippen LogP contribution is -2.16. The number of aromatic hydroxyl groups is 1. The molecule has 1 amide bonds. The number of phenolic OH excluding ortho intramolecular Hbond substituents is 1. The van der Waals surface area contributed by atoms with E-state index < -0.39 is 6.04 Å². The van der Waals surface area contributed by atoms with Crippen LogP contribution in [-0.4, -0.2) is 26.3 Å². The van der Waals surface area contributed by atoms with E-state index in [9.17, 15) is 9.90 Å². The zero-order chi connectivity index (χ0) is 24.0. The molecule has 172 valence electrons. The largest absolute Gasteiger partial charge is 0.508 e. The van der Waals surface area contributed by atoms with Gasteiger partial charge in [-0.15, -0.1) is 11.3 Å². The predicted molar refractivity (Wildman–Crippen MR) is 137 cm³/mol. The van der Waals surface area contributed by atoms with Gasteiger partial charge in [0.05, 0.1) is 24.0 Å². The first kappa shape index (κ1) is 22.4. The van der Waals surface area contributed by atoms with Crippen molar-refractivity contribution in [3.05, 3.63) is 92.8 Å². The fourth-order valence-electron chi connectivity index (χ4n) is 4.20. The summed E-state index contributed by atoms with van der Waals surface area (Å²) in [6.45, 7) is 6.20. The van der Waals surface area contributed by atoms with Crippen LogP contribution in [0.25, 0.3) is 5.00 Å². The number of phenols is 1. The molecule has 4 aromatic rings. The maximum absolute atomic E-state index is 13.0. The van der Waals surface area contributed by atoms with Crippen molar-refractivity contribution < 1.29 is 9.90 Å². The number of hydrogen-bond acceptors (Lipinski definition) is 5. The van der Waals surface area contributed by atoms with Crippen LogP contribution < -0.4 is 5.32 Å². The van der Waals surface area contributed by atoms with E-state index in [1.165, 1.54) is 10.4 Å². The number of imidazole rings is 1. The lowest BCUT2D eigenvalue weighted by atomic mass is 9.99. The van der Waals surface area contributed by atoms with Gasteiger partial charge in [0.1, 0.15) is 22.6 Å². The van der Waals surface area contributed by atoms with Gasteiger partial charge in [0.15, 0.2) is 0 Å². The predicted octanol–water partition coefficient (Wildman–Crippen LogP) is 6.14. The Morgan fingerprint density at radius 3 is 2.53 bits per heavy atom. The highest BCUT2D eigenvalue weighted by Crippen LogP contribution is 2.40. The molecule has 2 aromatic heterocycles. The number of anilines is 1. The van der Waals surface area contributed by atoms with Gasteiger partial charge in [0, 0.05) is 26.7 Å². The van der Waals surface area contributed by atoms with Gasteiger partial charge in [0.2, 0.25) is 5.91 Å². The van der Waals surface area contributed by atoms with Crippen molar-refractivity contribution in [1.82, 2.24) is 9.55 Å². The highest BCUT2D eigenvalue weighted by atomic mass is 35.5. The van der Waals surface area contributed by atoms with Crippen LogP contribution >= 0.6 is 22.9 Å². The minimum Gasteiger partial charge on any atom is -0.508 e. The summed E-state index contributed by atoms with van der Waals surface area (Å²) in [4.78, 5) is 24.0. The molecule has 0 bridgehead atoms. The molecule has 8 heteroatoms. The molecule has 1 aliphatic rings. The summed E-state index contributed by atoms with van der Waals surface area (Å²) < 4.78 is 2.13. The number of aliphatic imine (C=N–C) groups is 1. The zero-order valence-corrected chi connectivity index (χ0v) is 20.5. The Morgan fingerprint density at radius 2 is 1.82 bits per heavy atom. The molecule has 1 aliphatic heterocycles. The minimum absolute atomic E-state index is 0.148. The van der Waals surface area contributed by atoms with Gasteiger partial charge in [-0.3, -0.25) is 14.4 Å². The van der Waals surface area contributed by atoms with E-state index in [2.05, 4.69) is 28.7 Å². The van der Waals surface area contributed by atoms with Crippen molar-refractivity contribution in [2.45, 2.75) is 33.2 Å². The third-order valence-corrected chi connectivity index (χ3v) is 7.49. The molecular weight excluding hydrogens is 468 g/mol. The van der Waals surface area contributed by atoms with Crippen LogP contribution in [0.4, 0.5) is 5.69 Å². The number of aromatic nitrogens is 2. The molecule has 3 heterocycles. The van der Waals surface area contributed by atoms with Gasteiger partial charge < -0.3 is 10.4 Å². The second-order valence-electron chi connectivity index (χ2n) is 8.33. The van der Waals surface area contributed by atoms with Gasteiger partial charge in [-0.25, -0.2) is 4.98 Å². The summed E-state index contributed by atoms with van der Waals surface area (Å²) in [7, 11) is 0. The summed E-state index contributed by atoms with van der Waals surface area (Å²) in [6.07, 6.45) is 1.96. The Hall–Kier alpha value is -3.42. The van der Waals surface area contributed by atoms with E-state index in [4.69, 9.17) is 16.6 Å². The van der Waals surface area contributed by atoms with Gasteiger partial charge in [0.25, 0.3) is 0 Å². The molecule has 2 N–H and O–H groups in total. The SMILES string of the molecule is Cc1sc2c(c1C)C(c1ccc(Cl)cc1)=N[C@@H](CC(=O)Nc1ccc(O)cc1)c1cnc(C)n1-2. The Labute approximate surface area is 206 Å². The van der Waals surface area contributed by atoms with E-state index in [-0.39, 0.29) is 18.1 Å². The van der Waals surface area contributed by atoms with Crippen LogP contribution in [0.15, 0.2) is 59.7 Å². The van der Waals surface area contributed by atoms with Crippen LogP contribution in [0.3, 0.4) is 0 Å². The molecule has 0 saturated heterocycles. The topological polar surface area (TPSA) is 79.5 Å². The van der Waals surface area contributed by atoms with Crippen molar-refractivity contribution in [2.24, 2.45) is 4.99 Å². The van der Waals surface area contributed by atoms with Crippen molar-refractivity contribution in [2.75, 3.05) is 5.32 Å². The smallest absolute Gasteiger partial charge is 0.226 e. The first-order chi connectivity index (χ1) is 16.3. The molecule has 2 aromatic carbocycles. The van der Waals surface area contributed by atoms with Crippen LogP contribution in [-0.2, 0) is 4.79 Å². The first-order valence-corrected chi connectivity index (χ1v) is 12.1. The summed E-state index contributed by atoms with van der Waals surface area (Å²) in [6, 6.07) is 13.6. The normalized spacial score (nSPS) is 14.7. The van der Waals surface area contributed by atoms with E-state index in [0.717, 1.165) is 33.4 Å². The minimum atomic E-state index is -0.428. The number of rotatable bonds is 4. The number of thiophene rings is 1. The zero-order valence-electron chi connectivity index (χ0n) is 19.0. The number of nitrogens with one attached hydrogen (secondary N) is 1. The van der Waals surface area contributed by atoms with Crippen molar-refractivity contribution >= 4 is 40.2 Å². The summed E-state index contributed by atoms with van der Waals surface area (Å²) >= 11 is 7.87. The number of nitrogens with zero attached hydrogens (tertiary/aromatic N) is 3. The summed E-state index contributed by atoms with van der Waals surface area (Å²) in [5.41, 5.74) is 5.53. The van der Waals surface area contributed by atoms with Crippen LogP contribution in [0.1, 0.15) is 45.5 Å². The number of benzene rings is 2. The standard InChI is InChI=1S/C26H23ClN4O2S/c1-14-15(2)34-26-24(14)25(17-4-6-18(27)7-5-17)30-21(22-13-28-16(3)31(22)26)12-23(33)29-19-8-10-20(32)11-9-19/h4-11,13,21,32H,12H2,1-3H3,(H,29,33)/t21-/m0/s1. The molecule has 6 nitrogen and oxygen atoms in total. The van der Waals surface area contributed by atoms with Gasteiger partial charge in [-0.05, 0) is 62.7 Å². The highest BCUT2D eigenvalue weighted by Gasteiger charge is 2.31. The Bertz CT molecular complexity index is 1420. The average molecular weight is 491 g/mol. The fourth-order valence-corrected chi connectivity index (χ4v) is 5.55. The average Bonchev–Trinajstić information content (AvgIpc) is 3.28. The molecule has 0 unspecified atom stereocenters. The molecular formula is C26H23ClN4O2S. The van der Waals surface area contributed by atoms with E-state index in [1.54, 1.807) is 35.6 Å². The number of halogens is 1. The second kappa shape index (κ2) is 8.74. The molecule has 0 spiro atoms. The monoisotopic (exact) mass is 490 g/mol. The summed E-state index contributed by atoms with van der Waals surface area (Å²) in [5.74, 6) is 0.836. The fraction of sp³-hybridized carbons (Fsp3) is 0.192. The van der Waals surface area contributed by atoms with Crippen LogP contribution in [0.2, 0.25) is 5.02 Å². The first-order valence-electron chi connectivity index (χ1n) is 10.9. The number of fused-ring (bicyclic) bond motifs is 3. The number of carbonyl (C=O) groups excluding carboxylic acids is 1. The van der Waals surface area contributed by atoms with Crippen LogP contribution in [0.5, 0.6) is 5.75 Å². The molecule has 0 fully saturated rings. The van der Waals surface area contributed by atoms with Crippen LogP contribution in [0, 0.1) is 20.8 Å². The van der Waals surface area contributed by atoms with E-state index in [0.29, 0.717) is 10.7 Å². The summed E-state index contributed by atoms with van der Waals surface area (Å²) in [5, 5.41) is 14.1. The number of hydrogen-bond donors (Lipinski definition) is 2. The number of amides is 1. The van der Waals surface area contributed by atoms with Gasteiger partial charge in [-0.2, -0.15) is 0 Å². The maximum atomic E-state index is 13.0. The third-order valence-electron chi connectivity index (χ3n) is 6.05. The Kier molecular flexibility index (Phi) is 5.75. The van der Waals surface area contributed by atoms with Crippen molar-refractivity contribution in [3.63, 3.8) is 0 Å².